The highest BCUT2D eigenvalue weighted by Gasteiger charge is 2.11. The van der Waals surface area contributed by atoms with Crippen LogP contribution in [0.4, 0.5) is 4.39 Å². The van der Waals surface area contributed by atoms with Gasteiger partial charge in [0.2, 0.25) is 5.91 Å². The molecule has 1 rings (SSSR count). The summed E-state index contributed by atoms with van der Waals surface area (Å²) in [5, 5.41) is 6.27. The summed E-state index contributed by atoms with van der Waals surface area (Å²) < 4.78 is 18.7. The zero-order valence-corrected chi connectivity index (χ0v) is 15.0. The van der Waals surface area contributed by atoms with Gasteiger partial charge in [0.1, 0.15) is 12.4 Å². The minimum Gasteiger partial charge on any atom is -0.383 e. The number of benzene rings is 1. The zero-order chi connectivity index (χ0) is 18.1. The minimum atomic E-state index is -0.241. The van der Waals surface area contributed by atoms with Gasteiger partial charge in [-0.05, 0) is 31.0 Å². The van der Waals surface area contributed by atoms with Gasteiger partial charge >= 0.3 is 0 Å². The van der Waals surface area contributed by atoms with Crippen LogP contribution >= 0.6 is 0 Å². The monoisotopic (exact) mass is 338 g/mol. The highest BCUT2D eigenvalue weighted by atomic mass is 19.1. The molecule has 0 aliphatic carbocycles. The van der Waals surface area contributed by atoms with E-state index in [1.165, 1.54) is 11.0 Å². The predicted octanol–water partition coefficient (Wildman–Crippen LogP) is 1.46. The Morgan fingerprint density at radius 2 is 2.12 bits per heavy atom. The van der Waals surface area contributed by atoms with Crippen molar-refractivity contribution in [3.63, 3.8) is 0 Å². The third-order valence-corrected chi connectivity index (χ3v) is 3.52. The summed E-state index contributed by atoms with van der Waals surface area (Å²) in [7, 11) is 4.97. The number of nitrogens with zero attached hydrogens (tertiary/aromatic N) is 2. The molecule has 6 nitrogen and oxygen atoms in total. The van der Waals surface area contributed by atoms with Crippen molar-refractivity contribution in [1.29, 1.82) is 0 Å². The van der Waals surface area contributed by atoms with Crippen molar-refractivity contribution < 1.29 is 13.9 Å². The molecule has 1 amide bonds. The smallest absolute Gasteiger partial charge is 0.243 e. The highest BCUT2D eigenvalue weighted by molar-refractivity contribution is 5.85. The summed E-state index contributed by atoms with van der Waals surface area (Å²) in [6, 6.07) is 4.95. The number of aliphatic imine (C=N–C) groups is 1. The molecule has 134 valence electrons. The molecule has 1 unspecified atom stereocenters. The standard InChI is InChI=1S/C17H27FN4O2/c1-12-6-7-14(10-15(12)18)13(2)21-17(19-8-9-24-5)20-11-16(23)22(3)4/h6-7,10,13H,8-9,11H2,1-5H3,(H2,19,20,21). The number of carbonyl (C=O) groups excluding carboxylic acids is 1. The molecular weight excluding hydrogens is 311 g/mol. The van der Waals surface area contributed by atoms with Gasteiger partial charge < -0.3 is 20.3 Å². The fourth-order valence-corrected chi connectivity index (χ4v) is 1.88. The molecule has 0 spiro atoms. The number of nitrogens with one attached hydrogen (secondary N) is 2. The lowest BCUT2D eigenvalue weighted by molar-refractivity contribution is -0.127. The Labute approximate surface area is 143 Å². The second kappa shape index (κ2) is 9.87. The third-order valence-electron chi connectivity index (χ3n) is 3.52. The number of guanidine groups is 1. The number of halogens is 1. The van der Waals surface area contributed by atoms with Gasteiger partial charge in [-0.15, -0.1) is 0 Å². The number of rotatable bonds is 7. The molecule has 1 atom stereocenters. The zero-order valence-electron chi connectivity index (χ0n) is 15.0. The summed E-state index contributed by atoms with van der Waals surface area (Å²) in [6.07, 6.45) is 0. The van der Waals surface area contributed by atoms with E-state index in [1.54, 1.807) is 34.2 Å². The first kappa shape index (κ1) is 19.9. The number of carbonyl (C=O) groups is 1. The van der Waals surface area contributed by atoms with Crippen molar-refractivity contribution in [3.8, 4) is 0 Å². The van der Waals surface area contributed by atoms with Crippen LogP contribution in [-0.4, -0.2) is 57.7 Å². The van der Waals surface area contributed by atoms with Gasteiger partial charge in [-0.25, -0.2) is 9.38 Å². The molecular formula is C17H27FN4O2. The van der Waals surface area contributed by atoms with Crippen LogP contribution in [0.2, 0.25) is 0 Å². The molecule has 0 fully saturated rings. The van der Waals surface area contributed by atoms with E-state index in [2.05, 4.69) is 15.6 Å². The van der Waals surface area contributed by atoms with E-state index < -0.39 is 0 Å². The van der Waals surface area contributed by atoms with Gasteiger partial charge in [0, 0.05) is 27.7 Å². The first-order valence-electron chi connectivity index (χ1n) is 7.85. The van der Waals surface area contributed by atoms with E-state index >= 15 is 0 Å². The largest absolute Gasteiger partial charge is 0.383 e. The number of ether oxygens (including phenoxy) is 1. The molecule has 0 aliphatic rings. The van der Waals surface area contributed by atoms with Gasteiger partial charge in [-0.2, -0.15) is 0 Å². The van der Waals surface area contributed by atoms with Crippen LogP contribution in [-0.2, 0) is 9.53 Å². The summed E-state index contributed by atoms with van der Waals surface area (Å²) in [5.41, 5.74) is 1.41. The minimum absolute atomic E-state index is 0.0320. The van der Waals surface area contributed by atoms with Crippen LogP contribution in [0.1, 0.15) is 24.1 Å². The van der Waals surface area contributed by atoms with Gasteiger partial charge in [0.05, 0.1) is 12.6 Å². The SMILES string of the molecule is COCCNC(=NCC(=O)N(C)C)NC(C)c1ccc(C)c(F)c1. The molecule has 0 radical (unpaired) electrons. The fraction of sp³-hybridized carbons (Fsp3) is 0.529. The second-order valence-corrected chi connectivity index (χ2v) is 5.75. The van der Waals surface area contributed by atoms with Gasteiger partial charge in [-0.1, -0.05) is 12.1 Å². The summed E-state index contributed by atoms with van der Waals surface area (Å²) in [5.74, 6) is 0.141. The van der Waals surface area contributed by atoms with Crippen LogP contribution in [0.3, 0.4) is 0 Å². The van der Waals surface area contributed by atoms with Crippen molar-refractivity contribution in [2.45, 2.75) is 19.9 Å². The lowest BCUT2D eigenvalue weighted by Gasteiger charge is -2.19. The number of hydrogen-bond donors (Lipinski definition) is 2. The van der Waals surface area contributed by atoms with E-state index in [0.29, 0.717) is 24.7 Å². The average Bonchev–Trinajstić information content (AvgIpc) is 2.54. The van der Waals surface area contributed by atoms with Gasteiger partial charge in [0.25, 0.3) is 0 Å². The van der Waals surface area contributed by atoms with Crippen LogP contribution in [0.25, 0.3) is 0 Å². The molecule has 2 N–H and O–H groups in total. The molecule has 0 saturated heterocycles. The van der Waals surface area contributed by atoms with Crippen LogP contribution < -0.4 is 10.6 Å². The molecule has 7 heteroatoms. The lowest BCUT2D eigenvalue weighted by Crippen LogP contribution is -2.41. The maximum Gasteiger partial charge on any atom is 0.243 e. The Morgan fingerprint density at radius 1 is 1.42 bits per heavy atom. The Hall–Kier alpha value is -2.15. The van der Waals surface area contributed by atoms with Crippen molar-refractivity contribution in [2.75, 3.05) is 40.9 Å². The van der Waals surface area contributed by atoms with E-state index in [-0.39, 0.29) is 24.3 Å². The van der Waals surface area contributed by atoms with Crippen molar-refractivity contribution in [2.24, 2.45) is 4.99 Å². The third kappa shape index (κ3) is 6.54. The van der Waals surface area contributed by atoms with Crippen molar-refractivity contribution in [1.82, 2.24) is 15.5 Å². The molecule has 0 aliphatic heterocycles. The highest BCUT2D eigenvalue weighted by Crippen LogP contribution is 2.16. The molecule has 0 aromatic heterocycles. The molecule has 1 aromatic rings. The quantitative estimate of drug-likeness (QED) is 0.449. The van der Waals surface area contributed by atoms with E-state index in [0.717, 1.165) is 5.56 Å². The number of aryl methyl sites for hydroxylation is 1. The normalized spacial score (nSPS) is 12.7. The van der Waals surface area contributed by atoms with Gasteiger partial charge in [-0.3, -0.25) is 4.79 Å². The molecule has 0 heterocycles. The number of methoxy groups -OCH3 is 1. The molecule has 1 aromatic carbocycles. The number of likely N-dealkylation sites (N-methyl/N-ethyl adjacent to an activating group) is 1. The number of hydrogen-bond acceptors (Lipinski definition) is 3. The van der Waals surface area contributed by atoms with Crippen molar-refractivity contribution in [3.05, 3.63) is 35.1 Å². The van der Waals surface area contributed by atoms with E-state index in [1.807, 2.05) is 13.0 Å². The maximum absolute atomic E-state index is 13.7. The Bertz CT molecular complexity index is 576. The average molecular weight is 338 g/mol. The van der Waals surface area contributed by atoms with E-state index in [9.17, 15) is 9.18 Å². The predicted molar refractivity (Wildman–Crippen MR) is 93.6 cm³/mol. The summed E-state index contributed by atoms with van der Waals surface area (Å²) in [4.78, 5) is 17.5. The first-order chi connectivity index (χ1) is 11.3. The molecule has 0 bridgehead atoms. The Morgan fingerprint density at radius 3 is 2.71 bits per heavy atom. The first-order valence-corrected chi connectivity index (χ1v) is 7.85. The van der Waals surface area contributed by atoms with Crippen LogP contribution in [0.5, 0.6) is 0 Å². The Balaban J connectivity index is 2.79. The topological polar surface area (TPSA) is 66.0 Å². The van der Waals surface area contributed by atoms with Gasteiger partial charge in [0.15, 0.2) is 5.96 Å². The second-order valence-electron chi connectivity index (χ2n) is 5.75. The fourth-order valence-electron chi connectivity index (χ4n) is 1.88. The van der Waals surface area contributed by atoms with Crippen molar-refractivity contribution >= 4 is 11.9 Å². The summed E-state index contributed by atoms with van der Waals surface area (Å²) in [6.45, 7) is 4.72. The number of amides is 1. The maximum atomic E-state index is 13.7. The van der Waals surface area contributed by atoms with Crippen LogP contribution in [0.15, 0.2) is 23.2 Å². The lowest BCUT2D eigenvalue weighted by atomic mass is 10.1. The Kier molecular flexibility index (Phi) is 8.18. The van der Waals surface area contributed by atoms with E-state index in [4.69, 9.17) is 4.74 Å². The molecule has 0 saturated carbocycles. The molecule has 24 heavy (non-hydrogen) atoms. The van der Waals surface area contributed by atoms with Crippen LogP contribution in [0, 0.1) is 12.7 Å². The summed E-state index contributed by atoms with van der Waals surface area (Å²) >= 11 is 0.